The minimum atomic E-state index is -0.515. The molecular formula is C13H20N2O2. The van der Waals surface area contributed by atoms with Gasteiger partial charge in [-0.15, -0.1) is 0 Å². The molecule has 4 nitrogen and oxygen atoms in total. The van der Waals surface area contributed by atoms with E-state index < -0.39 is 6.04 Å². The molecule has 0 spiro atoms. The molecule has 1 aromatic rings. The minimum absolute atomic E-state index is 0.167. The van der Waals surface area contributed by atoms with Crippen LogP contribution in [0.4, 0.5) is 5.69 Å². The molecule has 4 N–H and O–H groups in total. The molecule has 0 aliphatic heterocycles. The molecule has 1 amide bonds. The number of carbonyl (C=O) groups is 1. The van der Waals surface area contributed by atoms with Crippen LogP contribution in [0.2, 0.25) is 0 Å². The number of aryl methyl sites for hydroxylation is 1. The molecule has 0 radical (unpaired) electrons. The maximum absolute atomic E-state index is 11.7. The SMILES string of the molecule is Cc1ccc(NC(=O)C(N)CC(C)C)cc1O. The molecule has 4 heteroatoms. The van der Waals surface area contributed by atoms with Crippen molar-refractivity contribution < 1.29 is 9.90 Å². The Morgan fingerprint density at radius 3 is 2.65 bits per heavy atom. The third-order valence-electron chi connectivity index (χ3n) is 2.54. The zero-order chi connectivity index (χ0) is 13.0. The van der Waals surface area contributed by atoms with Gasteiger partial charge in [0.25, 0.3) is 0 Å². The molecule has 0 saturated heterocycles. The number of phenolic OH excluding ortho intramolecular Hbond substituents is 1. The molecule has 1 aromatic carbocycles. The van der Waals surface area contributed by atoms with E-state index in [1.807, 2.05) is 13.8 Å². The first-order valence-electron chi connectivity index (χ1n) is 5.76. The molecule has 0 saturated carbocycles. The lowest BCUT2D eigenvalue weighted by molar-refractivity contribution is -0.117. The van der Waals surface area contributed by atoms with Gasteiger partial charge in [0.15, 0.2) is 0 Å². The summed E-state index contributed by atoms with van der Waals surface area (Å²) in [5.41, 5.74) is 7.10. The van der Waals surface area contributed by atoms with E-state index in [4.69, 9.17) is 5.73 Å². The first-order valence-corrected chi connectivity index (χ1v) is 5.76. The van der Waals surface area contributed by atoms with Crippen LogP contribution in [0.3, 0.4) is 0 Å². The molecule has 17 heavy (non-hydrogen) atoms. The number of hydrogen-bond acceptors (Lipinski definition) is 3. The van der Waals surface area contributed by atoms with Gasteiger partial charge in [-0.2, -0.15) is 0 Å². The lowest BCUT2D eigenvalue weighted by Crippen LogP contribution is -2.36. The molecule has 0 aromatic heterocycles. The molecule has 1 rings (SSSR count). The van der Waals surface area contributed by atoms with Crippen LogP contribution < -0.4 is 11.1 Å². The molecule has 0 heterocycles. The van der Waals surface area contributed by atoms with E-state index in [2.05, 4.69) is 5.32 Å². The third-order valence-corrected chi connectivity index (χ3v) is 2.54. The summed E-state index contributed by atoms with van der Waals surface area (Å²) in [5.74, 6) is 0.323. The van der Waals surface area contributed by atoms with Gasteiger partial charge in [0.05, 0.1) is 6.04 Å². The van der Waals surface area contributed by atoms with Crippen LogP contribution in [-0.2, 0) is 4.79 Å². The van der Waals surface area contributed by atoms with Crippen molar-refractivity contribution >= 4 is 11.6 Å². The van der Waals surface area contributed by atoms with Crippen LogP contribution in [0.1, 0.15) is 25.8 Å². The number of rotatable bonds is 4. The van der Waals surface area contributed by atoms with E-state index in [-0.39, 0.29) is 11.7 Å². The average molecular weight is 236 g/mol. The van der Waals surface area contributed by atoms with Gasteiger partial charge in [-0.1, -0.05) is 19.9 Å². The summed E-state index contributed by atoms with van der Waals surface area (Å²) in [6, 6.07) is 4.50. The third kappa shape index (κ3) is 4.07. The Balaban J connectivity index is 2.64. The second-order valence-electron chi connectivity index (χ2n) is 4.73. The predicted molar refractivity (Wildman–Crippen MR) is 68.9 cm³/mol. The Bertz CT molecular complexity index is 402. The molecule has 0 fully saturated rings. The van der Waals surface area contributed by atoms with Gasteiger partial charge in [-0.25, -0.2) is 0 Å². The van der Waals surface area contributed by atoms with Gasteiger partial charge in [-0.3, -0.25) is 4.79 Å². The normalized spacial score (nSPS) is 12.5. The highest BCUT2D eigenvalue weighted by Crippen LogP contribution is 2.21. The zero-order valence-corrected chi connectivity index (χ0v) is 10.5. The molecular weight excluding hydrogens is 216 g/mol. The number of nitrogens with one attached hydrogen (secondary N) is 1. The van der Waals surface area contributed by atoms with Crippen molar-refractivity contribution in [2.24, 2.45) is 11.7 Å². The lowest BCUT2D eigenvalue weighted by Gasteiger charge is -2.14. The van der Waals surface area contributed by atoms with E-state index in [0.29, 0.717) is 18.0 Å². The average Bonchev–Trinajstić information content (AvgIpc) is 2.22. The number of benzene rings is 1. The van der Waals surface area contributed by atoms with Crippen LogP contribution in [0.15, 0.2) is 18.2 Å². The number of nitrogens with two attached hydrogens (primary N) is 1. The Morgan fingerprint density at radius 2 is 2.12 bits per heavy atom. The topological polar surface area (TPSA) is 75.4 Å². The van der Waals surface area contributed by atoms with Gasteiger partial charge in [0, 0.05) is 11.8 Å². The fraction of sp³-hybridized carbons (Fsp3) is 0.462. The lowest BCUT2D eigenvalue weighted by atomic mass is 10.0. The van der Waals surface area contributed by atoms with Crippen molar-refractivity contribution in [3.8, 4) is 5.75 Å². The predicted octanol–water partition coefficient (Wildman–Crippen LogP) is 2.01. The Labute approximate surface area is 102 Å². The van der Waals surface area contributed by atoms with Crippen molar-refractivity contribution in [2.75, 3.05) is 5.32 Å². The highest BCUT2D eigenvalue weighted by molar-refractivity contribution is 5.94. The van der Waals surface area contributed by atoms with Gasteiger partial charge in [-0.05, 0) is 30.9 Å². The second kappa shape index (κ2) is 5.68. The fourth-order valence-electron chi connectivity index (χ4n) is 1.54. The molecule has 0 aliphatic carbocycles. The van der Waals surface area contributed by atoms with E-state index in [0.717, 1.165) is 5.56 Å². The number of carbonyl (C=O) groups excluding carboxylic acids is 1. The maximum atomic E-state index is 11.7. The number of hydrogen-bond donors (Lipinski definition) is 3. The number of phenols is 1. The summed E-state index contributed by atoms with van der Waals surface area (Å²) < 4.78 is 0. The van der Waals surface area contributed by atoms with Crippen molar-refractivity contribution in [2.45, 2.75) is 33.2 Å². The highest BCUT2D eigenvalue weighted by Gasteiger charge is 2.15. The highest BCUT2D eigenvalue weighted by atomic mass is 16.3. The summed E-state index contributed by atoms with van der Waals surface area (Å²) in [6.45, 7) is 5.83. The second-order valence-corrected chi connectivity index (χ2v) is 4.73. The first-order chi connectivity index (χ1) is 7.90. The van der Waals surface area contributed by atoms with Crippen LogP contribution in [0.5, 0.6) is 5.75 Å². The summed E-state index contributed by atoms with van der Waals surface area (Å²) in [4.78, 5) is 11.7. The van der Waals surface area contributed by atoms with Gasteiger partial charge in [0.1, 0.15) is 5.75 Å². The van der Waals surface area contributed by atoms with Crippen molar-refractivity contribution in [1.82, 2.24) is 0 Å². The minimum Gasteiger partial charge on any atom is -0.508 e. The summed E-state index contributed by atoms with van der Waals surface area (Å²) in [7, 11) is 0. The van der Waals surface area contributed by atoms with E-state index in [1.54, 1.807) is 19.1 Å². The molecule has 1 atom stereocenters. The number of anilines is 1. The Morgan fingerprint density at radius 1 is 1.47 bits per heavy atom. The van der Waals surface area contributed by atoms with Crippen LogP contribution in [-0.4, -0.2) is 17.1 Å². The molecule has 0 bridgehead atoms. The largest absolute Gasteiger partial charge is 0.508 e. The van der Waals surface area contributed by atoms with Crippen LogP contribution in [0.25, 0.3) is 0 Å². The van der Waals surface area contributed by atoms with Crippen molar-refractivity contribution in [1.29, 1.82) is 0 Å². The quantitative estimate of drug-likeness (QED) is 0.748. The summed E-state index contributed by atoms with van der Waals surface area (Å²) >= 11 is 0. The fourth-order valence-corrected chi connectivity index (χ4v) is 1.54. The van der Waals surface area contributed by atoms with Crippen molar-refractivity contribution in [3.05, 3.63) is 23.8 Å². The van der Waals surface area contributed by atoms with Crippen LogP contribution in [0, 0.1) is 12.8 Å². The molecule has 0 aliphatic rings. The molecule has 1 unspecified atom stereocenters. The smallest absolute Gasteiger partial charge is 0.241 e. The zero-order valence-electron chi connectivity index (χ0n) is 10.5. The summed E-state index contributed by atoms with van der Waals surface area (Å²) in [6.07, 6.45) is 0.643. The van der Waals surface area contributed by atoms with Crippen LogP contribution >= 0.6 is 0 Å². The number of amides is 1. The standard InChI is InChI=1S/C13H20N2O2/c1-8(2)6-11(14)13(17)15-10-5-4-9(3)12(16)7-10/h4-5,7-8,11,16H,6,14H2,1-3H3,(H,15,17). The van der Waals surface area contributed by atoms with Gasteiger partial charge >= 0.3 is 0 Å². The van der Waals surface area contributed by atoms with Gasteiger partial charge in [0.2, 0.25) is 5.91 Å². The monoisotopic (exact) mass is 236 g/mol. The van der Waals surface area contributed by atoms with Gasteiger partial charge < -0.3 is 16.2 Å². The Kier molecular flexibility index (Phi) is 4.52. The van der Waals surface area contributed by atoms with E-state index in [9.17, 15) is 9.90 Å². The maximum Gasteiger partial charge on any atom is 0.241 e. The first kappa shape index (κ1) is 13.5. The number of aromatic hydroxyl groups is 1. The van der Waals surface area contributed by atoms with E-state index >= 15 is 0 Å². The van der Waals surface area contributed by atoms with Crippen molar-refractivity contribution in [3.63, 3.8) is 0 Å². The molecule has 94 valence electrons. The Hall–Kier alpha value is -1.55. The van der Waals surface area contributed by atoms with E-state index in [1.165, 1.54) is 6.07 Å². The summed E-state index contributed by atoms with van der Waals surface area (Å²) in [5, 5.41) is 12.2.